The first-order chi connectivity index (χ1) is 8.41. The quantitative estimate of drug-likeness (QED) is 0.418. The average Bonchev–Trinajstić information content (AvgIpc) is 2.35. The van der Waals surface area contributed by atoms with Crippen molar-refractivity contribution in [3.05, 3.63) is 0 Å². The summed E-state index contributed by atoms with van der Waals surface area (Å²) in [7, 11) is 0. The van der Waals surface area contributed by atoms with Crippen molar-refractivity contribution in [3.63, 3.8) is 0 Å². The van der Waals surface area contributed by atoms with Crippen molar-refractivity contribution in [3.8, 4) is 0 Å². The highest BCUT2D eigenvalue weighted by Crippen LogP contribution is 1.76. The third kappa shape index (κ3) is 15.8. The van der Waals surface area contributed by atoms with E-state index in [9.17, 15) is 0 Å². The minimum atomic E-state index is 0.711. The lowest BCUT2D eigenvalue weighted by Gasteiger charge is -2.06. The summed E-state index contributed by atoms with van der Waals surface area (Å²) >= 11 is 0. The molecule has 0 saturated carbocycles. The molecule has 0 saturated heterocycles. The SMILES string of the molecule is CCNCCOCC[N]CCOCCNCC. The molecule has 103 valence electrons. The normalized spacial score (nSPS) is 10.9. The molecule has 0 spiro atoms. The summed E-state index contributed by atoms with van der Waals surface area (Å²) in [5.74, 6) is 0. The summed E-state index contributed by atoms with van der Waals surface area (Å²) in [6.07, 6.45) is 0. The molecule has 2 N–H and O–H groups in total. The van der Waals surface area contributed by atoms with Gasteiger partial charge < -0.3 is 20.1 Å². The summed E-state index contributed by atoms with van der Waals surface area (Å²) in [4.78, 5) is 0. The molecule has 0 aliphatic carbocycles. The summed E-state index contributed by atoms with van der Waals surface area (Å²) < 4.78 is 10.8. The molecule has 0 aromatic carbocycles. The van der Waals surface area contributed by atoms with Crippen molar-refractivity contribution >= 4 is 0 Å². The molecule has 0 aromatic heterocycles. The van der Waals surface area contributed by atoms with Crippen LogP contribution < -0.4 is 16.0 Å². The van der Waals surface area contributed by atoms with E-state index in [1.54, 1.807) is 0 Å². The van der Waals surface area contributed by atoms with E-state index in [-0.39, 0.29) is 0 Å². The molecule has 0 heterocycles. The van der Waals surface area contributed by atoms with Crippen LogP contribution in [-0.4, -0.2) is 65.7 Å². The van der Waals surface area contributed by atoms with Crippen molar-refractivity contribution in [1.29, 1.82) is 0 Å². The highest BCUT2D eigenvalue weighted by atomic mass is 16.5. The third-order valence-electron chi connectivity index (χ3n) is 2.13. The van der Waals surface area contributed by atoms with Crippen LogP contribution in [0.1, 0.15) is 13.8 Å². The largest absolute Gasteiger partial charge is 0.379 e. The molecule has 0 fully saturated rings. The number of hydrogen-bond acceptors (Lipinski definition) is 4. The lowest BCUT2D eigenvalue weighted by molar-refractivity contribution is 0.122. The Hall–Kier alpha value is -0.200. The number of nitrogens with one attached hydrogen (secondary N) is 2. The van der Waals surface area contributed by atoms with Crippen LogP contribution in [0.25, 0.3) is 0 Å². The fourth-order valence-electron chi connectivity index (χ4n) is 1.22. The van der Waals surface area contributed by atoms with E-state index in [0.717, 1.165) is 52.5 Å². The molecule has 0 aliphatic rings. The highest BCUT2D eigenvalue weighted by molar-refractivity contribution is 4.47. The molecule has 5 nitrogen and oxygen atoms in total. The highest BCUT2D eigenvalue weighted by Gasteiger charge is 1.91. The van der Waals surface area contributed by atoms with Gasteiger partial charge in [-0.3, -0.25) is 0 Å². The van der Waals surface area contributed by atoms with Crippen LogP contribution in [0.5, 0.6) is 0 Å². The molecule has 0 unspecified atom stereocenters. The van der Waals surface area contributed by atoms with Crippen LogP contribution in [0.15, 0.2) is 0 Å². The summed E-state index contributed by atoms with van der Waals surface area (Å²) in [6.45, 7) is 12.5. The zero-order valence-electron chi connectivity index (χ0n) is 11.3. The molecule has 1 radical (unpaired) electrons. The standard InChI is InChI=1S/C12H28N3O2/c1-3-13-5-9-16-11-7-15-8-12-17-10-6-14-4-2/h13-14H,3-12H2,1-2H3. The van der Waals surface area contributed by atoms with E-state index in [1.165, 1.54) is 0 Å². The van der Waals surface area contributed by atoms with Gasteiger partial charge in [-0.05, 0) is 13.1 Å². The Kier molecular flexibility index (Phi) is 15.6. The second-order valence-corrected chi connectivity index (χ2v) is 3.60. The Balaban J connectivity index is 2.85. The minimum absolute atomic E-state index is 0.711. The van der Waals surface area contributed by atoms with Gasteiger partial charge in [0, 0.05) is 26.2 Å². The minimum Gasteiger partial charge on any atom is -0.379 e. The van der Waals surface area contributed by atoms with E-state index in [1.807, 2.05) is 0 Å². The fourth-order valence-corrected chi connectivity index (χ4v) is 1.22. The molecule has 0 amide bonds. The van der Waals surface area contributed by atoms with E-state index in [0.29, 0.717) is 13.2 Å². The van der Waals surface area contributed by atoms with Crippen molar-refractivity contribution in [1.82, 2.24) is 16.0 Å². The van der Waals surface area contributed by atoms with Gasteiger partial charge in [-0.25, -0.2) is 5.32 Å². The first-order valence-corrected chi connectivity index (χ1v) is 6.62. The van der Waals surface area contributed by atoms with E-state index < -0.39 is 0 Å². The van der Waals surface area contributed by atoms with Crippen molar-refractivity contribution in [2.75, 3.05) is 65.7 Å². The predicted octanol–water partition coefficient (Wildman–Crippen LogP) is -0.157. The van der Waals surface area contributed by atoms with Crippen LogP contribution in [0.2, 0.25) is 0 Å². The van der Waals surface area contributed by atoms with Gasteiger partial charge in [-0.1, -0.05) is 13.8 Å². The van der Waals surface area contributed by atoms with E-state index in [4.69, 9.17) is 9.47 Å². The number of nitrogens with zero attached hydrogens (tertiary/aromatic N) is 1. The number of rotatable bonds is 14. The summed E-state index contributed by atoms with van der Waals surface area (Å²) in [5, 5.41) is 10.7. The van der Waals surface area contributed by atoms with Gasteiger partial charge in [-0.2, -0.15) is 0 Å². The average molecular weight is 246 g/mol. The van der Waals surface area contributed by atoms with Crippen LogP contribution in [0.4, 0.5) is 0 Å². The van der Waals surface area contributed by atoms with Crippen molar-refractivity contribution in [2.24, 2.45) is 0 Å². The molecule has 17 heavy (non-hydrogen) atoms. The third-order valence-corrected chi connectivity index (χ3v) is 2.13. The zero-order valence-corrected chi connectivity index (χ0v) is 11.3. The van der Waals surface area contributed by atoms with Crippen LogP contribution >= 0.6 is 0 Å². The smallest absolute Gasteiger partial charge is 0.0608 e. The Morgan fingerprint density at radius 1 is 0.765 bits per heavy atom. The molecule has 0 rings (SSSR count). The maximum atomic E-state index is 5.39. The monoisotopic (exact) mass is 246 g/mol. The van der Waals surface area contributed by atoms with Crippen LogP contribution in [0, 0.1) is 0 Å². The van der Waals surface area contributed by atoms with Gasteiger partial charge in [0.15, 0.2) is 0 Å². The fraction of sp³-hybridized carbons (Fsp3) is 1.00. The lowest BCUT2D eigenvalue weighted by Crippen LogP contribution is -2.23. The van der Waals surface area contributed by atoms with Crippen LogP contribution in [-0.2, 0) is 9.47 Å². The lowest BCUT2D eigenvalue weighted by atomic mass is 10.6. The van der Waals surface area contributed by atoms with Gasteiger partial charge in [0.25, 0.3) is 0 Å². The van der Waals surface area contributed by atoms with Crippen molar-refractivity contribution < 1.29 is 9.47 Å². The summed E-state index contributed by atoms with van der Waals surface area (Å²) in [5.41, 5.74) is 0. The van der Waals surface area contributed by atoms with E-state index in [2.05, 4.69) is 29.8 Å². The Labute approximate surface area is 106 Å². The van der Waals surface area contributed by atoms with Gasteiger partial charge in [0.2, 0.25) is 0 Å². The Bertz CT molecular complexity index is 123. The number of likely N-dealkylation sites (N-methyl/N-ethyl adjacent to an activating group) is 2. The van der Waals surface area contributed by atoms with Gasteiger partial charge >= 0.3 is 0 Å². The van der Waals surface area contributed by atoms with Gasteiger partial charge in [0.05, 0.1) is 26.4 Å². The number of hydrogen-bond donors (Lipinski definition) is 2. The predicted molar refractivity (Wildman–Crippen MR) is 70.6 cm³/mol. The molecule has 0 aliphatic heterocycles. The van der Waals surface area contributed by atoms with Crippen LogP contribution in [0.3, 0.4) is 0 Å². The van der Waals surface area contributed by atoms with E-state index >= 15 is 0 Å². The molecule has 0 atom stereocenters. The van der Waals surface area contributed by atoms with Gasteiger partial charge in [0.1, 0.15) is 0 Å². The number of ether oxygens (including phenoxy) is 2. The molecular formula is C12H28N3O2. The first-order valence-electron chi connectivity index (χ1n) is 6.62. The maximum absolute atomic E-state index is 5.39. The Morgan fingerprint density at radius 2 is 1.24 bits per heavy atom. The first kappa shape index (κ1) is 16.8. The molecule has 0 bridgehead atoms. The van der Waals surface area contributed by atoms with Gasteiger partial charge in [-0.15, -0.1) is 0 Å². The maximum Gasteiger partial charge on any atom is 0.0608 e. The molecular weight excluding hydrogens is 218 g/mol. The summed E-state index contributed by atoms with van der Waals surface area (Å²) in [6, 6.07) is 0. The van der Waals surface area contributed by atoms with Crippen molar-refractivity contribution in [2.45, 2.75) is 13.8 Å². The second kappa shape index (κ2) is 15.8. The zero-order chi connectivity index (χ0) is 12.6. The molecule has 0 aromatic rings. The topological polar surface area (TPSA) is 56.6 Å². The molecule has 5 heteroatoms. The Morgan fingerprint density at radius 3 is 1.65 bits per heavy atom. The second-order valence-electron chi connectivity index (χ2n) is 3.60.